The van der Waals surface area contributed by atoms with Crippen LogP contribution < -0.4 is 5.32 Å². The molecule has 1 aliphatic rings. The third-order valence-corrected chi connectivity index (χ3v) is 4.64. The van der Waals surface area contributed by atoms with Crippen LogP contribution in [0, 0.1) is 5.82 Å². The summed E-state index contributed by atoms with van der Waals surface area (Å²) in [5, 5.41) is 2.83. The third-order valence-electron chi connectivity index (χ3n) is 3.63. The van der Waals surface area contributed by atoms with Crippen molar-refractivity contribution in [2.24, 2.45) is 0 Å². The molecule has 22 heavy (non-hydrogen) atoms. The average molecular weight is 324 g/mol. The number of unbranched alkanes of at least 4 members (excludes halogenated alkanes) is 1. The van der Waals surface area contributed by atoms with Crippen LogP contribution in [0.2, 0.25) is 0 Å². The van der Waals surface area contributed by atoms with E-state index in [9.17, 15) is 14.0 Å². The first kappa shape index (κ1) is 16.8. The summed E-state index contributed by atoms with van der Waals surface area (Å²) in [6, 6.07) is 5.63. The van der Waals surface area contributed by atoms with E-state index in [1.165, 1.54) is 12.1 Å². The van der Waals surface area contributed by atoms with Crippen LogP contribution in [0.25, 0.3) is 0 Å². The monoisotopic (exact) mass is 324 g/mol. The van der Waals surface area contributed by atoms with Crippen molar-refractivity contribution < 1.29 is 14.0 Å². The minimum atomic E-state index is -0.394. The summed E-state index contributed by atoms with van der Waals surface area (Å²) in [7, 11) is 0. The van der Waals surface area contributed by atoms with Crippen LogP contribution in [0.3, 0.4) is 0 Å². The Hall–Kier alpha value is -1.56. The summed E-state index contributed by atoms with van der Waals surface area (Å²) in [5.74, 6) is 0.826. The van der Waals surface area contributed by atoms with Gasteiger partial charge >= 0.3 is 0 Å². The standard InChI is InChI=1S/C16H21FN2O2S/c1-2-3-4-15(20)19-11-22-10-14(19)16(21)18-9-12-5-7-13(17)8-6-12/h5-8,14H,2-4,9-11H2,1H3,(H,18,21). The van der Waals surface area contributed by atoms with Crippen LogP contribution in [0.15, 0.2) is 24.3 Å². The Morgan fingerprint density at radius 2 is 2.09 bits per heavy atom. The van der Waals surface area contributed by atoms with Gasteiger partial charge in [0.25, 0.3) is 0 Å². The smallest absolute Gasteiger partial charge is 0.243 e. The summed E-state index contributed by atoms with van der Waals surface area (Å²) in [6.07, 6.45) is 2.32. The molecule has 2 amide bonds. The molecule has 1 unspecified atom stereocenters. The van der Waals surface area contributed by atoms with E-state index in [2.05, 4.69) is 5.32 Å². The molecule has 1 heterocycles. The number of carbonyl (C=O) groups is 2. The van der Waals surface area contributed by atoms with Gasteiger partial charge in [-0.15, -0.1) is 11.8 Å². The number of hydrogen-bond acceptors (Lipinski definition) is 3. The molecule has 0 radical (unpaired) electrons. The summed E-state index contributed by atoms with van der Waals surface area (Å²) in [4.78, 5) is 26.1. The number of benzene rings is 1. The van der Waals surface area contributed by atoms with Gasteiger partial charge in [0.2, 0.25) is 11.8 Å². The molecule has 0 saturated carbocycles. The number of nitrogens with zero attached hydrogens (tertiary/aromatic N) is 1. The topological polar surface area (TPSA) is 49.4 Å². The molecule has 1 saturated heterocycles. The van der Waals surface area contributed by atoms with Crippen LogP contribution in [0.4, 0.5) is 4.39 Å². The maximum atomic E-state index is 12.8. The number of hydrogen-bond donors (Lipinski definition) is 1. The molecule has 1 aromatic rings. The predicted molar refractivity (Wildman–Crippen MR) is 85.7 cm³/mol. The highest BCUT2D eigenvalue weighted by atomic mass is 32.2. The van der Waals surface area contributed by atoms with Gasteiger partial charge in [0.15, 0.2) is 0 Å². The van der Waals surface area contributed by atoms with Gasteiger partial charge in [0.1, 0.15) is 11.9 Å². The fourth-order valence-corrected chi connectivity index (χ4v) is 3.47. The minimum absolute atomic E-state index is 0.0498. The van der Waals surface area contributed by atoms with Gasteiger partial charge in [-0.1, -0.05) is 25.5 Å². The van der Waals surface area contributed by atoms with E-state index in [1.807, 2.05) is 6.92 Å². The lowest BCUT2D eigenvalue weighted by atomic mass is 10.2. The van der Waals surface area contributed by atoms with Crippen molar-refractivity contribution in [2.75, 3.05) is 11.6 Å². The Morgan fingerprint density at radius 1 is 1.36 bits per heavy atom. The van der Waals surface area contributed by atoms with Gasteiger partial charge in [-0.05, 0) is 24.1 Å². The van der Waals surface area contributed by atoms with Crippen molar-refractivity contribution in [1.29, 1.82) is 0 Å². The van der Waals surface area contributed by atoms with E-state index in [-0.39, 0.29) is 17.6 Å². The Morgan fingerprint density at radius 3 is 2.77 bits per heavy atom. The van der Waals surface area contributed by atoms with E-state index in [0.29, 0.717) is 24.6 Å². The molecule has 120 valence electrons. The molecular weight excluding hydrogens is 303 g/mol. The Bertz CT molecular complexity index is 521. The highest BCUT2D eigenvalue weighted by Gasteiger charge is 2.33. The number of carbonyl (C=O) groups excluding carboxylic acids is 2. The quantitative estimate of drug-likeness (QED) is 0.875. The number of thioether (sulfide) groups is 1. The van der Waals surface area contributed by atoms with Crippen LogP contribution >= 0.6 is 11.8 Å². The molecular formula is C16H21FN2O2S. The maximum absolute atomic E-state index is 12.8. The fraction of sp³-hybridized carbons (Fsp3) is 0.500. The highest BCUT2D eigenvalue weighted by Crippen LogP contribution is 2.22. The molecule has 2 rings (SSSR count). The van der Waals surface area contributed by atoms with Crippen molar-refractivity contribution in [3.8, 4) is 0 Å². The lowest BCUT2D eigenvalue weighted by Gasteiger charge is -2.23. The second-order valence-electron chi connectivity index (χ2n) is 5.33. The molecule has 4 nitrogen and oxygen atoms in total. The summed E-state index contributed by atoms with van der Waals surface area (Å²) in [6.45, 7) is 2.39. The van der Waals surface area contributed by atoms with Gasteiger partial charge < -0.3 is 10.2 Å². The zero-order valence-electron chi connectivity index (χ0n) is 12.7. The molecule has 1 aliphatic heterocycles. The normalized spacial score (nSPS) is 17.5. The maximum Gasteiger partial charge on any atom is 0.243 e. The molecule has 1 aromatic carbocycles. The lowest BCUT2D eigenvalue weighted by Crippen LogP contribution is -2.47. The van der Waals surface area contributed by atoms with Crippen molar-refractivity contribution in [3.63, 3.8) is 0 Å². The Kier molecular flexibility index (Phi) is 6.24. The van der Waals surface area contributed by atoms with Gasteiger partial charge in [-0.25, -0.2) is 4.39 Å². The SMILES string of the molecule is CCCCC(=O)N1CSCC1C(=O)NCc1ccc(F)cc1. The van der Waals surface area contributed by atoms with Crippen LogP contribution in [0.1, 0.15) is 31.7 Å². The number of rotatable bonds is 6. The summed E-state index contributed by atoms with van der Waals surface area (Å²) < 4.78 is 12.8. The first-order valence-corrected chi connectivity index (χ1v) is 8.66. The van der Waals surface area contributed by atoms with E-state index in [4.69, 9.17) is 0 Å². The zero-order valence-corrected chi connectivity index (χ0v) is 13.5. The summed E-state index contributed by atoms with van der Waals surface area (Å²) in [5.41, 5.74) is 0.837. The fourth-order valence-electron chi connectivity index (χ4n) is 2.29. The Balaban J connectivity index is 1.87. The second kappa shape index (κ2) is 8.17. The first-order valence-electron chi connectivity index (χ1n) is 7.51. The van der Waals surface area contributed by atoms with Gasteiger partial charge in [-0.3, -0.25) is 9.59 Å². The first-order chi connectivity index (χ1) is 10.6. The van der Waals surface area contributed by atoms with Crippen molar-refractivity contribution in [1.82, 2.24) is 10.2 Å². The van der Waals surface area contributed by atoms with Crippen LogP contribution in [-0.2, 0) is 16.1 Å². The lowest BCUT2D eigenvalue weighted by molar-refractivity contribution is -0.138. The van der Waals surface area contributed by atoms with Gasteiger partial charge in [0, 0.05) is 18.7 Å². The third kappa shape index (κ3) is 4.47. The largest absolute Gasteiger partial charge is 0.350 e. The number of amides is 2. The molecule has 6 heteroatoms. The average Bonchev–Trinajstić information content (AvgIpc) is 3.01. The van der Waals surface area contributed by atoms with Crippen molar-refractivity contribution in [2.45, 2.75) is 38.8 Å². The van der Waals surface area contributed by atoms with E-state index in [1.54, 1.807) is 28.8 Å². The second-order valence-corrected chi connectivity index (χ2v) is 6.33. The molecule has 1 N–H and O–H groups in total. The molecule has 0 aliphatic carbocycles. The van der Waals surface area contributed by atoms with E-state index in [0.717, 1.165) is 18.4 Å². The highest BCUT2D eigenvalue weighted by molar-refractivity contribution is 7.99. The molecule has 0 spiro atoms. The van der Waals surface area contributed by atoms with Gasteiger partial charge in [0.05, 0.1) is 5.88 Å². The zero-order chi connectivity index (χ0) is 15.9. The van der Waals surface area contributed by atoms with Crippen LogP contribution in [-0.4, -0.2) is 34.4 Å². The number of halogens is 1. The van der Waals surface area contributed by atoms with Gasteiger partial charge in [-0.2, -0.15) is 0 Å². The number of nitrogens with one attached hydrogen (secondary N) is 1. The van der Waals surface area contributed by atoms with Crippen molar-refractivity contribution in [3.05, 3.63) is 35.6 Å². The molecule has 0 aromatic heterocycles. The van der Waals surface area contributed by atoms with E-state index < -0.39 is 6.04 Å². The Labute approximate surface area is 134 Å². The molecule has 1 fully saturated rings. The molecule has 0 bridgehead atoms. The predicted octanol–water partition coefficient (Wildman–Crippen LogP) is 2.53. The summed E-state index contributed by atoms with van der Waals surface area (Å²) >= 11 is 1.60. The molecule has 1 atom stereocenters. The minimum Gasteiger partial charge on any atom is -0.350 e. The van der Waals surface area contributed by atoms with Crippen molar-refractivity contribution >= 4 is 23.6 Å². The van der Waals surface area contributed by atoms with Crippen LogP contribution in [0.5, 0.6) is 0 Å². The van der Waals surface area contributed by atoms with E-state index >= 15 is 0 Å².